The molecule has 1 saturated heterocycles. The van der Waals surface area contributed by atoms with Gasteiger partial charge in [0, 0.05) is 18.8 Å². The lowest BCUT2D eigenvalue weighted by Crippen LogP contribution is -2.49. The van der Waals surface area contributed by atoms with Crippen LogP contribution in [0.1, 0.15) is 5.56 Å². The van der Waals surface area contributed by atoms with E-state index < -0.39 is 0 Å². The lowest BCUT2D eigenvalue weighted by Gasteiger charge is -2.32. The van der Waals surface area contributed by atoms with Gasteiger partial charge in [0.1, 0.15) is 23.7 Å². The van der Waals surface area contributed by atoms with Crippen molar-refractivity contribution in [1.29, 1.82) is 0 Å². The van der Waals surface area contributed by atoms with Gasteiger partial charge in [-0.3, -0.25) is 4.68 Å². The fourth-order valence-electron chi connectivity index (χ4n) is 3.15. The van der Waals surface area contributed by atoms with Crippen LogP contribution in [0.2, 0.25) is 5.15 Å². The normalized spacial score (nSPS) is 16.2. The number of carbonyl (C=O) groups excluding carboxylic acids is 1. The summed E-state index contributed by atoms with van der Waals surface area (Å²) in [6.45, 7) is 2.00. The predicted molar refractivity (Wildman–Crippen MR) is 113 cm³/mol. The first kappa shape index (κ1) is 21.1. The molecule has 1 unspecified atom stereocenters. The lowest BCUT2D eigenvalue weighted by molar-refractivity contribution is -0.0343. The van der Waals surface area contributed by atoms with E-state index in [0.717, 1.165) is 5.56 Å². The van der Waals surface area contributed by atoms with Gasteiger partial charge in [-0.1, -0.05) is 29.8 Å². The summed E-state index contributed by atoms with van der Waals surface area (Å²) in [7, 11) is 0. The minimum absolute atomic E-state index is 0.240. The molecule has 1 fully saturated rings. The first-order valence-electron chi connectivity index (χ1n) is 9.75. The number of hydrogen-bond acceptors (Lipinski definition) is 5. The molecule has 10 heteroatoms. The number of hydrogen-bond donors (Lipinski definition) is 1. The van der Waals surface area contributed by atoms with Crippen molar-refractivity contribution in [3.8, 4) is 5.88 Å². The number of pyridine rings is 1. The van der Waals surface area contributed by atoms with E-state index in [1.807, 2.05) is 0 Å². The molecule has 0 bridgehead atoms. The van der Waals surface area contributed by atoms with E-state index in [1.165, 1.54) is 12.1 Å². The quantitative estimate of drug-likeness (QED) is 0.588. The minimum Gasteiger partial charge on any atom is -0.475 e. The number of carbonyl (C=O) groups is 1. The first-order chi connectivity index (χ1) is 15.0. The Kier molecular flexibility index (Phi) is 6.63. The zero-order valence-electron chi connectivity index (χ0n) is 16.6. The third-order valence-corrected chi connectivity index (χ3v) is 4.89. The fraction of sp³-hybridized carbons (Fsp3) is 0.286. The number of aromatic nitrogens is 3. The maximum absolute atomic E-state index is 13.0. The highest BCUT2D eigenvalue weighted by Gasteiger charge is 2.25. The second-order valence-electron chi connectivity index (χ2n) is 7.03. The molecule has 3 heterocycles. The van der Waals surface area contributed by atoms with Crippen LogP contribution in [0, 0.1) is 5.82 Å². The third-order valence-electron chi connectivity index (χ3n) is 4.68. The largest absolute Gasteiger partial charge is 0.475 e. The number of rotatable bonds is 6. The zero-order chi connectivity index (χ0) is 21.6. The molecule has 162 valence electrons. The van der Waals surface area contributed by atoms with Crippen molar-refractivity contribution < 1.29 is 18.7 Å². The number of ether oxygens (including phenoxy) is 2. The zero-order valence-corrected chi connectivity index (χ0v) is 17.3. The number of nitrogens with zero attached hydrogens (tertiary/aromatic N) is 4. The molecule has 1 aliphatic rings. The Balaban J connectivity index is 1.28. The summed E-state index contributed by atoms with van der Waals surface area (Å²) in [6, 6.07) is 11.1. The standard InChI is InChI=1S/C21H21ClFN5O3/c22-19-2-1-3-20(26-19)31-14-18-13-27(8-9-30-18)21(29)25-17-10-24-28(12-17)11-15-4-6-16(23)7-5-15/h1-7,10,12,18H,8-9,11,13-14H2,(H,25,29). The summed E-state index contributed by atoms with van der Waals surface area (Å²) < 4.78 is 26.0. The number of morpholine rings is 1. The molecule has 0 spiro atoms. The molecule has 2 amide bonds. The minimum atomic E-state index is -0.282. The molecule has 4 rings (SSSR count). The van der Waals surface area contributed by atoms with Gasteiger partial charge in [-0.05, 0) is 23.8 Å². The van der Waals surface area contributed by atoms with Gasteiger partial charge in [0.15, 0.2) is 0 Å². The van der Waals surface area contributed by atoms with Crippen molar-refractivity contribution in [2.45, 2.75) is 12.6 Å². The first-order valence-corrected chi connectivity index (χ1v) is 10.1. The average Bonchev–Trinajstić information content (AvgIpc) is 3.21. The SMILES string of the molecule is O=C(Nc1cnn(Cc2ccc(F)cc2)c1)N1CCOC(COc2cccc(Cl)n2)C1. The van der Waals surface area contributed by atoms with Crippen LogP contribution in [-0.2, 0) is 11.3 Å². The summed E-state index contributed by atoms with van der Waals surface area (Å²) in [5, 5.41) is 7.44. The van der Waals surface area contributed by atoms with Crippen LogP contribution in [0.3, 0.4) is 0 Å². The lowest BCUT2D eigenvalue weighted by atomic mass is 10.2. The molecule has 2 aromatic heterocycles. The van der Waals surface area contributed by atoms with Gasteiger partial charge in [0.2, 0.25) is 5.88 Å². The van der Waals surface area contributed by atoms with Crippen molar-refractivity contribution >= 4 is 23.3 Å². The Morgan fingerprint density at radius 2 is 2.13 bits per heavy atom. The molecule has 1 atom stereocenters. The van der Waals surface area contributed by atoms with E-state index in [1.54, 1.807) is 52.3 Å². The van der Waals surface area contributed by atoms with Crippen LogP contribution in [0.4, 0.5) is 14.9 Å². The maximum atomic E-state index is 13.0. The van der Waals surface area contributed by atoms with Gasteiger partial charge < -0.3 is 19.7 Å². The van der Waals surface area contributed by atoms with E-state index in [9.17, 15) is 9.18 Å². The molecule has 3 aromatic rings. The van der Waals surface area contributed by atoms with E-state index in [0.29, 0.717) is 43.0 Å². The summed E-state index contributed by atoms with van der Waals surface area (Å²) in [6.07, 6.45) is 3.03. The third kappa shape index (κ3) is 5.93. The van der Waals surface area contributed by atoms with Crippen LogP contribution < -0.4 is 10.1 Å². The topological polar surface area (TPSA) is 81.5 Å². The summed E-state index contributed by atoms with van der Waals surface area (Å²) in [4.78, 5) is 18.4. The molecule has 1 N–H and O–H groups in total. The van der Waals surface area contributed by atoms with Gasteiger partial charge >= 0.3 is 6.03 Å². The predicted octanol–water partition coefficient (Wildman–Crippen LogP) is 3.43. The Bertz CT molecular complexity index is 1030. The molecular weight excluding hydrogens is 425 g/mol. The van der Waals surface area contributed by atoms with Crippen LogP contribution >= 0.6 is 11.6 Å². The Morgan fingerprint density at radius 3 is 2.94 bits per heavy atom. The van der Waals surface area contributed by atoms with E-state index in [-0.39, 0.29) is 24.6 Å². The van der Waals surface area contributed by atoms with E-state index in [2.05, 4.69) is 15.4 Å². The molecule has 0 aliphatic carbocycles. The summed E-state index contributed by atoms with van der Waals surface area (Å²) in [5.74, 6) is 0.126. The van der Waals surface area contributed by atoms with Crippen LogP contribution in [0.25, 0.3) is 0 Å². The molecular formula is C21H21ClFN5O3. The molecule has 31 heavy (non-hydrogen) atoms. The second kappa shape index (κ2) is 9.76. The van der Waals surface area contributed by atoms with Gasteiger partial charge in [0.05, 0.1) is 31.6 Å². The highest BCUT2D eigenvalue weighted by atomic mass is 35.5. The Labute approximate surface area is 183 Å². The monoisotopic (exact) mass is 445 g/mol. The van der Waals surface area contributed by atoms with Crippen molar-refractivity contribution in [3.05, 3.63) is 71.4 Å². The van der Waals surface area contributed by atoms with Gasteiger partial charge in [-0.25, -0.2) is 14.2 Å². The van der Waals surface area contributed by atoms with Crippen molar-refractivity contribution in [2.24, 2.45) is 0 Å². The maximum Gasteiger partial charge on any atom is 0.322 e. The number of benzene rings is 1. The summed E-state index contributed by atoms with van der Waals surface area (Å²) in [5.41, 5.74) is 1.49. The van der Waals surface area contributed by atoms with E-state index >= 15 is 0 Å². The van der Waals surface area contributed by atoms with E-state index in [4.69, 9.17) is 21.1 Å². The fourth-order valence-corrected chi connectivity index (χ4v) is 3.30. The van der Waals surface area contributed by atoms with Gasteiger partial charge in [-0.2, -0.15) is 5.10 Å². The number of amides is 2. The van der Waals surface area contributed by atoms with Crippen molar-refractivity contribution in [3.63, 3.8) is 0 Å². The molecule has 0 saturated carbocycles. The van der Waals surface area contributed by atoms with Crippen molar-refractivity contribution in [1.82, 2.24) is 19.7 Å². The molecule has 8 nitrogen and oxygen atoms in total. The average molecular weight is 446 g/mol. The Morgan fingerprint density at radius 1 is 1.29 bits per heavy atom. The Hall–Kier alpha value is -3.17. The van der Waals surface area contributed by atoms with Gasteiger partial charge in [0.25, 0.3) is 0 Å². The highest BCUT2D eigenvalue weighted by molar-refractivity contribution is 6.29. The molecule has 1 aliphatic heterocycles. The van der Waals surface area contributed by atoms with Crippen LogP contribution in [0.5, 0.6) is 5.88 Å². The smallest absolute Gasteiger partial charge is 0.322 e. The molecule has 0 radical (unpaired) electrons. The second-order valence-corrected chi connectivity index (χ2v) is 7.42. The number of halogens is 2. The number of anilines is 1. The van der Waals surface area contributed by atoms with Gasteiger partial charge in [-0.15, -0.1) is 0 Å². The van der Waals surface area contributed by atoms with Crippen molar-refractivity contribution in [2.75, 3.05) is 31.6 Å². The summed E-state index contributed by atoms with van der Waals surface area (Å²) >= 11 is 5.86. The highest BCUT2D eigenvalue weighted by Crippen LogP contribution is 2.15. The number of nitrogens with one attached hydrogen (secondary N) is 1. The number of urea groups is 1. The molecule has 1 aromatic carbocycles. The van der Waals surface area contributed by atoms with Crippen LogP contribution in [-0.4, -0.2) is 58.1 Å². The van der Waals surface area contributed by atoms with Crippen LogP contribution in [0.15, 0.2) is 54.9 Å².